The number of rotatable bonds is 21. The first kappa shape index (κ1) is 33.6. The van der Waals surface area contributed by atoms with Gasteiger partial charge >= 0.3 is 17.6 Å². The Morgan fingerprint density at radius 3 is 0.967 bits per heavy atom. The summed E-state index contributed by atoms with van der Waals surface area (Å²) in [7, 11) is -0.172. The van der Waals surface area contributed by atoms with Gasteiger partial charge in [-0.2, -0.15) is 0 Å². The minimum atomic E-state index is -2.49. The highest BCUT2D eigenvalue weighted by Gasteiger charge is 2.40. The fourth-order valence-corrected chi connectivity index (χ4v) is 10.7. The van der Waals surface area contributed by atoms with Crippen molar-refractivity contribution in [3.05, 3.63) is 0 Å². The molecule has 0 radical (unpaired) electrons. The van der Waals surface area contributed by atoms with Crippen LogP contribution in [0.2, 0.25) is 12.1 Å². The third kappa shape index (κ3) is 16.1. The maximum absolute atomic E-state index is 5.90. The minimum absolute atomic E-state index is 0.638. The average molecular weight is 539 g/mol. The summed E-state index contributed by atoms with van der Waals surface area (Å²) in [6.07, 6.45) is 2.08. The lowest BCUT2D eigenvalue weighted by atomic mass is 10.6. The van der Waals surface area contributed by atoms with Crippen LogP contribution in [0.1, 0.15) is 54.4 Å². The lowest BCUT2D eigenvalue weighted by Gasteiger charge is -2.28. The Morgan fingerprint density at radius 1 is 0.533 bits per heavy atom. The Balaban J connectivity index is 0. The molecule has 30 heavy (non-hydrogen) atoms. The molecular formula is C18H46O6S3Si3. The van der Waals surface area contributed by atoms with E-state index in [0.717, 1.165) is 45.8 Å². The molecule has 0 aromatic carbocycles. The van der Waals surface area contributed by atoms with Crippen LogP contribution in [-0.2, 0) is 26.6 Å². The Kier molecular flexibility index (Phi) is 26.5. The van der Waals surface area contributed by atoms with Crippen molar-refractivity contribution in [2.24, 2.45) is 0 Å². The zero-order chi connectivity index (χ0) is 23.1. The van der Waals surface area contributed by atoms with Gasteiger partial charge < -0.3 is 26.6 Å². The zero-order valence-electron chi connectivity index (χ0n) is 20.2. The predicted octanol–water partition coefficient (Wildman–Crippen LogP) is 4.44. The van der Waals surface area contributed by atoms with Gasteiger partial charge in [0.15, 0.2) is 0 Å². The molecule has 0 fully saturated rings. The molecule has 12 heteroatoms. The maximum Gasteiger partial charge on any atom is 0.500 e. The molecule has 0 spiro atoms. The lowest BCUT2D eigenvalue weighted by molar-refractivity contribution is 0.0704. The van der Waals surface area contributed by atoms with Crippen LogP contribution in [0.15, 0.2) is 0 Å². The van der Waals surface area contributed by atoms with Gasteiger partial charge in [0.25, 0.3) is 0 Å². The second-order valence-corrected chi connectivity index (χ2v) is 14.0. The monoisotopic (exact) mass is 538 g/mol. The van der Waals surface area contributed by atoms with E-state index in [1.165, 1.54) is 0 Å². The molecule has 0 rings (SSSR count). The minimum Gasteiger partial charge on any atom is -0.374 e. The third-order valence-electron chi connectivity index (χ3n) is 3.69. The summed E-state index contributed by atoms with van der Waals surface area (Å²) in [5.74, 6) is 2.13. The molecule has 184 valence electrons. The molecule has 0 aliphatic rings. The summed E-state index contributed by atoms with van der Waals surface area (Å²) < 4.78 is 35.4. The summed E-state index contributed by atoms with van der Waals surface area (Å²) in [5, 5.41) is 0. The molecule has 0 bridgehead atoms. The summed E-state index contributed by atoms with van der Waals surface area (Å²) >= 11 is 3.67. The molecule has 0 aromatic rings. The summed E-state index contributed by atoms with van der Waals surface area (Å²) in [6.45, 7) is 15.8. The quantitative estimate of drug-likeness (QED) is 0.0996. The van der Waals surface area contributed by atoms with Crippen LogP contribution >= 0.6 is 33.7 Å². The highest BCUT2D eigenvalue weighted by molar-refractivity contribution is 8.76. The normalized spacial score (nSPS) is 12.1. The molecule has 0 aliphatic heterocycles. The van der Waals surface area contributed by atoms with Crippen molar-refractivity contribution >= 4 is 60.7 Å². The van der Waals surface area contributed by atoms with Crippen LogP contribution < -0.4 is 0 Å². The summed E-state index contributed by atoms with van der Waals surface area (Å²) in [6, 6.07) is 1.76. The van der Waals surface area contributed by atoms with Crippen molar-refractivity contribution in [3.8, 4) is 0 Å². The molecule has 0 saturated heterocycles. The van der Waals surface area contributed by atoms with Crippen molar-refractivity contribution < 1.29 is 26.6 Å². The molecule has 0 amide bonds. The van der Waals surface area contributed by atoms with E-state index in [2.05, 4.69) is 12.1 Å². The first-order valence-corrected chi connectivity index (χ1v) is 21.0. The Bertz CT molecular complexity index is 297. The topological polar surface area (TPSA) is 55.4 Å². The van der Waals surface area contributed by atoms with Gasteiger partial charge in [-0.15, -0.1) is 0 Å². The molecule has 0 saturated carbocycles. The molecule has 6 nitrogen and oxygen atoms in total. The SMILES string of the molecule is CCO[Si](CCCSSCCC[Si](OCC)(OCC)OCC)(OCC)OCC.[SiH3]S. The lowest BCUT2D eigenvalue weighted by Crippen LogP contribution is -2.46. The fraction of sp³-hybridized carbons (Fsp3) is 1.00. The fourth-order valence-electron chi connectivity index (χ4n) is 2.82. The Morgan fingerprint density at radius 2 is 0.767 bits per heavy atom. The summed E-state index contributed by atoms with van der Waals surface area (Å²) in [5.41, 5.74) is 0. The highest BCUT2D eigenvalue weighted by Crippen LogP contribution is 2.28. The van der Waals surface area contributed by atoms with Crippen LogP contribution in [0, 0.1) is 0 Å². The summed E-state index contributed by atoms with van der Waals surface area (Å²) in [4.78, 5) is 0. The molecule has 0 aromatic heterocycles. The van der Waals surface area contributed by atoms with Gasteiger partial charge in [-0.25, -0.2) is 12.1 Å². The van der Waals surface area contributed by atoms with Crippen LogP contribution in [0.4, 0.5) is 0 Å². The van der Waals surface area contributed by atoms with Crippen molar-refractivity contribution in [2.45, 2.75) is 66.5 Å². The van der Waals surface area contributed by atoms with Gasteiger partial charge in [0.05, 0.1) is 9.39 Å². The second kappa shape index (κ2) is 23.6. The standard InChI is InChI=1S/C18H42O6S2Si2.H4SSi/c1-7-19-27(20-8-2,21-9-3)17-13-15-25-26-16-14-18-28(22-10-4,23-11-5)24-12-6;1-2/h7-18H2,1-6H3;1H,2H3. The van der Waals surface area contributed by atoms with E-state index >= 15 is 0 Å². The molecular weight excluding hydrogens is 493 g/mol. The van der Waals surface area contributed by atoms with Gasteiger partial charge in [0.2, 0.25) is 0 Å². The number of hydrogen-bond acceptors (Lipinski definition) is 9. The molecule has 0 atom stereocenters. The van der Waals surface area contributed by atoms with Crippen molar-refractivity contribution in [1.29, 1.82) is 0 Å². The highest BCUT2D eigenvalue weighted by atomic mass is 33.1. The number of thiol groups is 1. The Hall–Kier alpha value is 1.46. The van der Waals surface area contributed by atoms with E-state index < -0.39 is 17.6 Å². The maximum atomic E-state index is 5.90. The zero-order valence-corrected chi connectivity index (χ0v) is 26.7. The van der Waals surface area contributed by atoms with E-state index in [-0.39, 0.29) is 0 Å². The van der Waals surface area contributed by atoms with E-state index in [0.29, 0.717) is 39.6 Å². The van der Waals surface area contributed by atoms with Gasteiger partial charge in [0.1, 0.15) is 0 Å². The smallest absolute Gasteiger partial charge is 0.374 e. The van der Waals surface area contributed by atoms with Crippen molar-refractivity contribution in [3.63, 3.8) is 0 Å². The van der Waals surface area contributed by atoms with Crippen molar-refractivity contribution in [1.82, 2.24) is 0 Å². The largest absolute Gasteiger partial charge is 0.500 e. The second-order valence-electron chi connectivity index (χ2n) is 5.82. The van der Waals surface area contributed by atoms with Gasteiger partial charge in [-0.1, -0.05) is 21.6 Å². The van der Waals surface area contributed by atoms with Gasteiger partial charge in [-0.05, 0) is 54.4 Å². The average Bonchev–Trinajstić information content (AvgIpc) is 2.73. The molecule has 0 N–H and O–H groups in total. The van der Waals surface area contributed by atoms with Crippen LogP contribution in [0.5, 0.6) is 0 Å². The van der Waals surface area contributed by atoms with E-state index in [1.54, 1.807) is 0 Å². The van der Waals surface area contributed by atoms with Crippen molar-refractivity contribution in [2.75, 3.05) is 51.1 Å². The van der Waals surface area contributed by atoms with E-state index in [9.17, 15) is 0 Å². The predicted molar refractivity (Wildman–Crippen MR) is 144 cm³/mol. The third-order valence-corrected chi connectivity index (χ3v) is 12.6. The van der Waals surface area contributed by atoms with Crippen LogP contribution in [-0.4, -0.2) is 78.1 Å². The van der Waals surface area contributed by atoms with E-state index in [4.69, 9.17) is 26.6 Å². The first-order valence-electron chi connectivity index (χ1n) is 11.1. The number of hydrogen-bond donors (Lipinski definition) is 1. The van der Waals surface area contributed by atoms with Gasteiger partial charge in [0, 0.05) is 63.2 Å². The van der Waals surface area contributed by atoms with Crippen LogP contribution in [0.25, 0.3) is 0 Å². The molecule has 0 heterocycles. The van der Waals surface area contributed by atoms with Crippen LogP contribution in [0.3, 0.4) is 0 Å². The van der Waals surface area contributed by atoms with E-state index in [1.807, 2.05) is 63.1 Å². The Labute approximate surface area is 204 Å². The first-order chi connectivity index (χ1) is 14.6. The van der Waals surface area contributed by atoms with Gasteiger partial charge in [-0.3, -0.25) is 0 Å². The molecule has 0 unspecified atom stereocenters. The molecule has 0 aliphatic carbocycles.